The van der Waals surface area contributed by atoms with E-state index in [4.69, 9.17) is 15.6 Å². The van der Waals surface area contributed by atoms with Gasteiger partial charge in [0.2, 0.25) is 5.91 Å². The minimum Gasteiger partial charge on any atom is -0.481 e. The molecular formula is C11H20N2O4. The second-order valence-electron chi connectivity index (χ2n) is 5.44. The first kappa shape index (κ1) is 13.9. The molecule has 98 valence electrons. The van der Waals surface area contributed by atoms with E-state index in [0.29, 0.717) is 0 Å². The van der Waals surface area contributed by atoms with E-state index in [-0.39, 0.29) is 24.5 Å². The number of rotatable bonds is 3. The van der Waals surface area contributed by atoms with Crippen molar-refractivity contribution in [2.24, 2.45) is 17.1 Å². The second kappa shape index (κ2) is 5.01. The van der Waals surface area contributed by atoms with Crippen molar-refractivity contribution < 1.29 is 19.4 Å². The highest BCUT2D eigenvalue weighted by Gasteiger charge is 2.37. The summed E-state index contributed by atoms with van der Waals surface area (Å²) >= 11 is 0. The number of hydrogen-bond acceptors (Lipinski definition) is 4. The average Bonchev–Trinajstić information content (AvgIpc) is 2.63. The second-order valence-corrected chi connectivity index (χ2v) is 5.44. The number of hydrogen-bond donors (Lipinski definition) is 3. The van der Waals surface area contributed by atoms with Crippen LogP contribution in [0.3, 0.4) is 0 Å². The van der Waals surface area contributed by atoms with Crippen molar-refractivity contribution in [3.63, 3.8) is 0 Å². The van der Waals surface area contributed by atoms with Crippen LogP contribution >= 0.6 is 0 Å². The van der Waals surface area contributed by atoms with Crippen LogP contribution < -0.4 is 11.1 Å². The number of carbonyl (C=O) groups is 2. The predicted molar refractivity (Wildman–Crippen MR) is 61.3 cm³/mol. The number of nitrogens with one attached hydrogen (secondary N) is 1. The third kappa shape index (κ3) is 3.41. The molecule has 1 aliphatic heterocycles. The SMILES string of the molecule is CC(C)(C)C(N)C(=O)NC1COCC1C(=O)O. The number of carboxylic acid groups (broad SMARTS) is 1. The molecular weight excluding hydrogens is 224 g/mol. The van der Waals surface area contributed by atoms with Crippen LogP contribution in [0.2, 0.25) is 0 Å². The number of nitrogens with two attached hydrogens (primary N) is 1. The zero-order chi connectivity index (χ0) is 13.2. The fourth-order valence-corrected chi connectivity index (χ4v) is 1.61. The van der Waals surface area contributed by atoms with Crippen LogP contribution in [0.15, 0.2) is 0 Å². The van der Waals surface area contributed by atoms with Gasteiger partial charge in [-0.15, -0.1) is 0 Å². The van der Waals surface area contributed by atoms with Gasteiger partial charge in [-0.2, -0.15) is 0 Å². The lowest BCUT2D eigenvalue weighted by Gasteiger charge is -2.27. The van der Waals surface area contributed by atoms with E-state index in [1.165, 1.54) is 0 Å². The first-order valence-corrected chi connectivity index (χ1v) is 5.60. The normalized spacial score (nSPS) is 26.6. The zero-order valence-electron chi connectivity index (χ0n) is 10.4. The van der Waals surface area contributed by atoms with Crippen LogP contribution in [0.1, 0.15) is 20.8 Å². The zero-order valence-corrected chi connectivity index (χ0v) is 10.4. The van der Waals surface area contributed by atoms with Crippen LogP contribution in [0.4, 0.5) is 0 Å². The molecule has 4 N–H and O–H groups in total. The van der Waals surface area contributed by atoms with Gasteiger partial charge in [0.05, 0.1) is 25.3 Å². The Bertz CT molecular complexity index is 311. The van der Waals surface area contributed by atoms with Gasteiger partial charge in [0, 0.05) is 0 Å². The molecule has 0 aromatic carbocycles. The van der Waals surface area contributed by atoms with E-state index in [2.05, 4.69) is 5.32 Å². The van der Waals surface area contributed by atoms with Crippen molar-refractivity contribution in [2.75, 3.05) is 13.2 Å². The molecule has 1 rings (SSSR count). The van der Waals surface area contributed by atoms with Gasteiger partial charge in [-0.05, 0) is 5.41 Å². The van der Waals surface area contributed by atoms with Gasteiger partial charge in [0.15, 0.2) is 0 Å². The molecule has 0 aliphatic carbocycles. The van der Waals surface area contributed by atoms with Crippen LogP contribution in [0.25, 0.3) is 0 Å². The van der Waals surface area contributed by atoms with Gasteiger partial charge in [-0.1, -0.05) is 20.8 Å². The Hall–Kier alpha value is -1.14. The van der Waals surface area contributed by atoms with Crippen molar-refractivity contribution in [2.45, 2.75) is 32.9 Å². The monoisotopic (exact) mass is 244 g/mol. The minimum atomic E-state index is -0.961. The van der Waals surface area contributed by atoms with E-state index in [0.717, 1.165) is 0 Å². The molecule has 6 nitrogen and oxygen atoms in total. The molecule has 0 aromatic rings. The van der Waals surface area contributed by atoms with Crippen molar-refractivity contribution in [1.29, 1.82) is 0 Å². The summed E-state index contributed by atoms with van der Waals surface area (Å²) < 4.78 is 5.06. The molecule has 0 bridgehead atoms. The van der Waals surface area contributed by atoms with Gasteiger partial charge < -0.3 is 20.9 Å². The fourth-order valence-electron chi connectivity index (χ4n) is 1.61. The standard InChI is InChI=1S/C11H20N2O4/c1-11(2,3)8(12)9(14)13-7-5-17-4-6(7)10(15)16/h6-8H,4-5,12H2,1-3H3,(H,13,14)(H,15,16). The molecule has 3 atom stereocenters. The molecule has 1 heterocycles. The Morgan fingerprint density at radius 2 is 2.00 bits per heavy atom. The summed E-state index contributed by atoms with van der Waals surface area (Å²) in [6.45, 7) is 5.93. The first-order chi connectivity index (χ1) is 7.73. The Morgan fingerprint density at radius 3 is 2.47 bits per heavy atom. The van der Waals surface area contributed by atoms with Crippen molar-refractivity contribution >= 4 is 11.9 Å². The summed E-state index contributed by atoms with van der Waals surface area (Å²) in [6.07, 6.45) is 0. The van der Waals surface area contributed by atoms with E-state index in [1.807, 2.05) is 20.8 Å². The minimum absolute atomic E-state index is 0.130. The average molecular weight is 244 g/mol. The Labute approximate surface area is 101 Å². The Balaban J connectivity index is 2.60. The van der Waals surface area contributed by atoms with Crippen LogP contribution in [0.5, 0.6) is 0 Å². The quantitative estimate of drug-likeness (QED) is 0.625. The molecule has 1 saturated heterocycles. The van der Waals surface area contributed by atoms with Gasteiger partial charge in [-0.3, -0.25) is 9.59 Å². The highest BCUT2D eigenvalue weighted by Crippen LogP contribution is 2.19. The van der Waals surface area contributed by atoms with Gasteiger partial charge in [0.1, 0.15) is 5.92 Å². The lowest BCUT2D eigenvalue weighted by atomic mass is 9.86. The van der Waals surface area contributed by atoms with E-state index in [9.17, 15) is 9.59 Å². The molecule has 1 amide bonds. The Kier molecular flexibility index (Phi) is 4.11. The number of amides is 1. The maximum Gasteiger partial charge on any atom is 0.311 e. The molecule has 0 saturated carbocycles. The highest BCUT2D eigenvalue weighted by atomic mass is 16.5. The van der Waals surface area contributed by atoms with Crippen molar-refractivity contribution in [1.82, 2.24) is 5.32 Å². The number of aliphatic carboxylic acids is 1. The lowest BCUT2D eigenvalue weighted by Crippen LogP contribution is -2.53. The molecule has 6 heteroatoms. The Morgan fingerprint density at radius 1 is 1.41 bits per heavy atom. The van der Waals surface area contributed by atoms with E-state index in [1.54, 1.807) is 0 Å². The van der Waals surface area contributed by atoms with Gasteiger partial charge in [-0.25, -0.2) is 0 Å². The summed E-state index contributed by atoms with van der Waals surface area (Å²) in [4.78, 5) is 22.7. The summed E-state index contributed by atoms with van der Waals surface area (Å²) in [5.41, 5.74) is 5.43. The maximum absolute atomic E-state index is 11.8. The molecule has 3 unspecified atom stereocenters. The predicted octanol–water partition coefficient (Wildman–Crippen LogP) is -0.424. The van der Waals surface area contributed by atoms with Crippen molar-refractivity contribution in [3.8, 4) is 0 Å². The number of ether oxygens (including phenoxy) is 1. The summed E-state index contributed by atoms with van der Waals surface area (Å²) in [7, 11) is 0. The summed E-state index contributed by atoms with van der Waals surface area (Å²) in [5.74, 6) is -1.98. The summed E-state index contributed by atoms with van der Waals surface area (Å²) in [5, 5.41) is 11.6. The third-order valence-corrected chi connectivity index (χ3v) is 2.94. The van der Waals surface area contributed by atoms with Crippen LogP contribution in [-0.4, -0.2) is 42.3 Å². The largest absolute Gasteiger partial charge is 0.481 e. The fraction of sp³-hybridized carbons (Fsp3) is 0.818. The highest BCUT2D eigenvalue weighted by molar-refractivity contribution is 5.83. The first-order valence-electron chi connectivity index (χ1n) is 5.60. The van der Waals surface area contributed by atoms with Crippen LogP contribution in [0, 0.1) is 11.3 Å². The molecule has 0 radical (unpaired) electrons. The molecule has 17 heavy (non-hydrogen) atoms. The van der Waals surface area contributed by atoms with E-state index < -0.39 is 24.0 Å². The smallest absolute Gasteiger partial charge is 0.311 e. The molecule has 0 spiro atoms. The van der Waals surface area contributed by atoms with Gasteiger partial charge in [0.25, 0.3) is 0 Å². The lowest BCUT2D eigenvalue weighted by molar-refractivity contribution is -0.142. The topological polar surface area (TPSA) is 102 Å². The van der Waals surface area contributed by atoms with E-state index >= 15 is 0 Å². The molecule has 1 fully saturated rings. The molecule has 1 aliphatic rings. The molecule has 0 aromatic heterocycles. The van der Waals surface area contributed by atoms with Gasteiger partial charge >= 0.3 is 5.97 Å². The van der Waals surface area contributed by atoms with Crippen molar-refractivity contribution in [3.05, 3.63) is 0 Å². The number of carboxylic acids is 1. The third-order valence-electron chi connectivity index (χ3n) is 2.94. The maximum atomic E-state index is 11.8. The summed E-state index contributed by atoms with van der Waals surface area (Å²) in [6, 6.07) is -1.16. The number of carbonyl (C=O) groups excluding carboxylic acids is 1. The van der Waals surface area contributed by atoms with Crippen LogP contribution in [-0.2, 0) is 14.3 Å².